The molecular weight excluding hydrogens is 644 g/mol. The standard InChI is InChI=1S/C33H30BrFN5OPS/c1-22-21-29(23(2)39(22)27-17-15-26(35)16-18-27)30-31-32(40(37-30)28-9-5-3-6-10-28)36-33(24-11-13-25(34)14-12-24)41-42(31,43)38-19-7-4-8-20-38/h3,5-6,9-18,21H,4,7-8,19-20H2,1-2H3. The Morgan fingerprint density at radius 3 is 2.28 bits per heavy atom. The number of aliphatic imine (C=N–C) groups is 1. The molecule has 2 aliphatic heterocycles. The zero-order chi connectivity index (χ0) is 29.7. The lowest BCUT2D eigenvalue weighted by atomic mass is 10.2. The zero-order valence-electron chi connectivity index (χ0n) is 23.9. The Labute approximate surface area is 264 Å². The highest BCUT2D eigenvalue weighted by Crippen LogP contribution is 2.58. The molecule has 1 unspecified atom stereocenters. The molecule has 0 radical (unpaired) electrons. The number of piperidine rings is 1. The van der Waals surface area contributed by atoms with E-state index < -0.39 is 6.42 Å². The smallest absolute Gasteiger partial charge is 0.227 e. The maximum Gasteiger partial charge on any atom is 0.227 e. The number of fused-ring (bicyclic) bond motifs is 1. The highest BCUT2D eigenvalue weighted by atomic mass is 79.9. The normalized spacial score (nSPS) is 18.7. The van der Waals surface area contributed by atoms with Crippen LogP contribution in [0.3, 0.4) is 0 Å². The van der Waals surface area contributed by atoms with Crippen LogP contribution in [-0.2, 0) is 16.3 Å². The van der Waals surface area contributed by atoms with E-state index in [1.165, 1.54) is 18.6 Å². The Balaban J connectivity index is 1.51. The molecule has 43 heavy (non-hydrogen) atoms. The molecule has 3 aromatic carbocycles. The fourth-order valence-electron chi connectivity index (χ4n) is 6.01. The van der Waals surface area contributed by atoms with Gasteiger partial charge in [0, 0.05) is 45.8 Å². The summed E-state index contributed by atoms with van der Waals surface area (Å²) in [7, 11) is 0. The van der Waals surface area contributed by atoms with Crippen molar-refractivity contribution in [1.82, 2.24) is 19.0 Å². The van der Waals surface area contributed by atoms with E-state index in [2.05, 4.69) is 45.1 Å². The van der Waals surface area contributed by atoms with E-state index in [4.69, 9.17) is 26.4 Å². The zero-order valence-corrected chi connectivity index (χ0v) is 27.2. The van der Waals surface area contributed by atoms with E-state index >= 15 is 0 Å². The van der Waals surface area contributed by atoms with Gasteiger partial charge in [0.25, 0.3) is 0 Å². The number of aryl methyl sites for hydroxylation is 1. The van der Waals surface area contributed by atoms with Crippen LogP contribution in [0.5, 0.6) is 0 Å². The fourth-order valence-corrected chi connectivity index (χ4v) is 9.99. The molecule has 218 valence electrons. The number of aromatic nitrogens is 3. The number of halogens is 2. The van der Waals surface area contributed by atoms with Gasteiger partial charge in [-0.25, -0.2) is 13.7 Å². The van der Waals surface area contributed by atoms with Gasteiger partial charge in [-0.15, -0.1) is 0 Å². The largest absolute Gasteiger partial charge is 0.431 e. The predicted molar refractivity (Wildman–Crippen MR) is 179 cm³/mol. The van der Waals surface area contributed by atoms with Crippen molar-refractivity contribution in [2.24, 2.45) is 4.99 Å². The molecule has 1 saturated heterocycles. The average Bonchev–Trinajstić information content (AvgIpc) is 3.56. The minimum atomic E-state index is -2.84. The highest BCUT2D eigenvalue weighted by molar-refractivity contribution is 9.10. The second-order valence-electron chi connectivity index (χ2n) is 10.9. The Kier molecular flexibility index (Phi) is 7.46. The Hall–Kier alpha value is -3.36. The van der Waals surface area contributed by atoms with Crippen molar-refractivity contribution in [3.63, 3.8) is 0 Å². The Morgan fingerprint density at radius 1 is 0.884 bits per heavy atom. The quantitative estimate of drug-likeness (QED) is 0.176. The summed E-state index contributed by atoms with van der Waals surface area (Å²) in [6.07, 6.45) is 0.490. The van der Waals surface area contributed by atoms with E-state index in [9.17, 15) is 4.39 Å². The maximum absolute atomic E-state index is 13.8. The summed E-state index contributed by atoms with van der Waals surface area (Å²) in [6.45, 7) is 5.87. The van der Waals surface area contributed by atoms with Crippen LogP contribution in [0.4, 0.5) is 10.2 Å². The number of nitrogens with zero attached hydrogens (tertiary/aromatic N) is 5. The minimum absolute atomic E-state index is 0.263. The summed E-state index contributed by atoms with van der Waals surface area (Å²) in [5.74, 6) is 0.973. The molecule has 0 aliphatic carbocycles. The minimum Gasteiger partial charge on any atom is -0.431 e. The van der Waals surface area contributed by atoms with Gasteiger partial charge in [0.15, 0.2) is 5.82 Å². The van der Waals surface area contributed by atoms with Crippen LogP contribution in [0.15, 0.2) is 94.4 Å². The van der Waals surface area contributed by atoms with Crippen LogP contribution < -0.4 is 5.30 Å². The number of para-hydroxylation sites is 1. The van der Waals surface area contributed by atoms with Gasteiger partial charge in [0.05, 0.1) is 5.69 Å². The third-order valence-corrected chi connectivity index (χ3v) is 12.6. The lowest BCUT2D eigenvalue weighted by Crippen LogP contribution is -2.35. The summed E-state index contributed by atoms with van der Waals surface area (Å²) < 4.78 is 28.1. The molecule has 1 fully saturated rings. The molecule has 0 N–H and O–H groups in total. The van der Waals surface area contributed by atoms with E-state index in [-0.39, 0.29) is 5.82 Å². The summed E-state index contributed by atoms with van der Waals surface area (Å²) in [4.78, 5) is 5.15. The van der Waals surface area contributed by atoms with Gasteiger partial charge in [-0.1, -0.05) is 40.5 Å². The van der Waals surface area contributed by atoms with Crippen molar-refractivity contribution in [3.8, 4) is 22.6 Å². The van der Waals surface area contributed by atoms with Crippen molar-refractivity contribution in [2.75, 3.05) is 13.1 Å². The monoisotopic (exact) mass is 673 g/mol. The van der Waals surface area contributed by atoms with Crippen LogP contribution in [-0.4, -0.2) is 38.0 Å². The van der Waals surface area contributed by atoms with E-state index in [1.807, 2.05) is 59.3 Å². The highest BCUT2D eigenvalue weighted by Gasteiger charge is 2.43. The SMILES string of the molecule is Cc1cc(-c2nn(-c3ccccc3)c3c2P(=S)(N2CCCCC2)OC(c2ccc(Br)cc2)=N3)c(C)n1-c1ccc(F)cc1. The van der Waals surface area contributed by atoms with Crippen molar-refractivity contribution in [1.29, 1.82) is 0 Å². The van der Waals surface area contributed by atoms with Crippen LogP contribution >= 0.6 is 22.3 Å². The van der Waals surface area contributed by atoms with E-state index in [0.29, 0.717) is 11.7 Å². The number of benzene rings is 3. The molecule has 1 atom stereocenters. The fraction of sp³-hybridized carbons (Fsp3) is 0.212. The molecule has 0 spiro atoms. The molecule has 0 amide bonds. The predicted octanol–water partition coefficient (Wildman–Crippen LogP) is 8.38. The summed E-state index contributed by atoms with van der Waals surface area (Å²) in [5, 5.41) is 6.15. The number of hydrogen-bond donors (Lipinski definition) is 0. The third-order valence-electron chi connectivity index (χ3n) is 8.10. The molecule has 0 bridgehead atoms. The summed E-state index contributed by atoms with van der Waals surface area (Å²) in [5.41, 5.74) is 6.42. The first kappa shape index (κ1) is 28.4. The molecule has 2 aromatic heterocycles. The average molecular weight is 675 g/mol. The van der Waals surface area contributed by atoms with E-state index in [0.717, 1.165) is 75.3 Å². The van der Waals surface area contributed by atoms with Crippen molar-refractivity contribution in [3.05, 3.63) is 112 Å². The first-order valence-corrected chi connectivity index (χ1v) is 17.8. The Bertz CT molecular complexity index is 1890. The molecular formula is C33H30BrFN5OPS. The van der Waals surface area contributed by atoms with Crippen LogP contribution in [0.1, 0.15) is 36.2 Å². The number of hydrogen-bond acceptors (Lipinski definition) is 4. The van der Waals surface area contributed by atoms with Gasteiger partial charge in [0.2, 0.25) is 12.3 Å². The number of rotatable bonds is 5. The molecule has 7 rings (SSSR count). The molecule has 10 heteroatoms. The summed E-state index contributed by atoms with van der Waals surface area (Å²) >= 11 is 10.2. The van der Waals surface area contributed by atoms with Crippen LogP contribution in [0.25, 0.3) is 22.6 Å². The maximum atomic E-state index is 13.8. The third kappa shape index (κ3) is 5.02. The van der Waals surface area contributed by atoms with Gasteiger partial charge in [0.1, 0.15) is 16.8 Å². The molecule has 5 aromatic rings. The second-order valence-corrected chi connectivity index (χ2v) is 15.6. The first-order valence-electron chi connectivity index (χ1n) is 14.4. The van der Waals surface area contributed by atoms with Crippen molar-refractivity contribution in [2.45, 2.75) is 33.1 Å². The lowest BCUT2D eigenvalue weighted by Gasteiger charge is -2.39. The first-order chi connectivity index (χ1) is 20.8. The van der Waals surface area contributed by atoms with Crippen molar-refractivity contribution >= 4 is 51.2 Å². The lowest BCUT2D eigenvalue weighted by molar-refractivity contribution is 0.346. The molecule has 6 nitrogen and oxygen atoms in total. The van der Waals surface area contributed by atoms with Crippen molar-refractivity contribution < 1.29 is 8.91 Å². The molecule has 2 aliphatic rings. The summed E-state index contributed by atoms with van der Waals surface area (Å²) in [6, 6.07) is 26.8. The van der Waals surface area contributed by atoms with Gasteiger partial charge in [-0.2, -0.15) is 10.1 Å². The Morgan fingerprint density at radius 2 is 1.58 bits per heavy atom. The molecule has 0 saturated carbocycles. The van der Waals surface area contributed by atoms with E-state index in [1.54, 1.807) is 12.1 Å². The topological polar surface area (TPSA) is 47.6 Å². The van der Waals surface area contributed by atoms with Crippen LogP contribution in [0.2, 0.25) is 0 Å². The van der Waals surface area contributed by atoms with Gasteiger partial charge in [-0.05, 0) is 105 Å². The second kappa shape index (κ2) is 11.3. The van der Waals surface area contributed by atoms with Gasteiger partial charge < -0.3 is 9.09 Å². The van der Waals surface area contributed by atoms with Crippen LogP contribution in [0, 0.1) is 19.7 Å². The molecule has 4 heterocycles. The van der Waals surface area contributed by atoms with Gasteiger partial charge >= 0.3 is 0 Å². The van der Waals surface area contributed by atoms with Gasteiger partial charge in [-0.3, -0.25) is 0 Å².